The van der Waals surface area contributed by atoms with Crippen LogP contribution in [0.5, 0.6) is 0 Å². The fourth-order valence-corrected chi connectivity index (χ4v) is 4.88. The number of ketones is 1. The van der Waals surface area contributed by atoms with Crippen LogP contribution in [0.25, 0.3) is 0 Å². The fraction of sp³-hybridized carbons (Fsp3) is 0.824. The molecule has 0 N–H and O–H groups in total. The zero-order valence-corrected chi connectivity index (χ0v) is 13.9. The summed E-state index contributed by atoms with van der Waals surface area (Å²) in [6.45, 7) is 4.01. The Morgan fingerprint density at radius 2 is 1.86 bits per heavy atom. The SMILES string of the molecule is COC(=O)C[C@H]1C(=O)CCC2[C@](C)(C(=O)OC)CCC[C@@]21C. The van der Waals surface area contributed by atoms with Gasteiger partial charge in [0.2, 0.25) is 0 Å². The lowest BCUT2D eigenvalue weighted by molar-refractivity contribution is -0.174. The van der Waals surface area contributed by atoms with E-state index in [1.54, 1.807) is 0 Å². The summed E-state index contributed by atoms with van der Waals surface area (Å²) in [7, 11) is 2.76. The lowest BCUT2D eigenvalue weighted by atomic mass is 9.47. The molecule has 0 aliphatic heterocycles. The minimum absolute atomic E-state index is 0.0635. The van der Waals surface area contributed by atoms with Crippen LogP contribution in [-0.4, -0.2) is 31.9 Å². The standard InChI is InChI=1S/C17H26O5/c1-16-8-5-9-17(2,15(20)22-4)13(16)7-6-12(18)11(16)10-14(19)21-3/h11,13H,5-10H2,1-4H3/t11-,13?,16+,17+/m0/s1. The second-order valence-corrected chi connectivity index (χ2v) is 7.16. The molecule has 124 valence electrons. The Morgan fingerprint density at radius 3 is 2.45 bits per heavy atom. The minimum atomic E-state index is -0.573. The molecule has 5 nitrogen and oxygen atoms in total. The lowest BCUT2D eigenvalue weighted by Crippen LogP contribution is -2.55. The fourth-order valence-electron chi connectivity index (χ4n) is 4.88. The van der Waals surface area contributed by atoms with Gasteiger partial charge < -0.3 is 9.47 Å². The lowest BCUT2D eigenvalue weighted by Gasteiger charge is -2.56. The molecule has 1 unspecified atom stereocenters. The van der Waals surface area contributed by atoms with Gasteiger partial charge in [-0.15, -0.1) is 0 Å². The first kappa shape index (κ1) is 17.0. The summed E-state index contributed by atoms with van der Waals surface area (Å²) in [5.41, 5.74) is -0.915. The normalized spacial score (nSPS) is 38.1. The van der Waals surface area contributed by atoms with Crippen LogP contribution < -0.4 is 0 Å². The molecule has 5 heteroatoms. The third-order valence-electron chi connectivity index (χ3n) is 6.09. The molecule has 0 spiro atoms. The van der Waals surface area contributed by atoms with Gasteiger partial charge in [-0.2, -0.15) is 0 Å². The number of rotatable bonds is 3. The third-order valence-corrected chi connectivity index (χ3v) is 6.09. The predicted molar refractivity (Wildman–Crippen MR) is 79.9 cm³/mol. The van der Waals surface area contributed by atoms with Crippen molar-refractivity contribution in [3.8, 4) is 0 Å². The van der Waals surface area contributed by atoms with Gasteiger partial charge >= 0.3 is 11.9 Å². The molecular weight excluding hydrogens is 284 g/mol. The molecule has 2 rings (SSSR count). The van der Waals surface area contributed by atoms with Crippen LogP contribution >= 0.6 is 0 Å². The average molecular weight is 310 g/mol. The Morgan fingerprint density at radius 1 is 1.18 bits per heavy atom. The molecule has 2 aliphatic rings. The summed E-state index contributed by atoms with van der Waals surface area (Å²) in [4.78, 5) is 36.5. The highest BCUT2D eigenvalue weighted by Crippen LogP contribution is 2.60. The van der Waals surface area contributed by atoms with Gasteiger partial charge in [-0.25, -0.2) is 0 Å². The van der Waals surface area contributed by atoms with Gasteiger partial charge in [-0.1, -0.05) is 13.3 Å². The Bertz CT molecular complexity index is 485. The van der Waals surface area contributed by atoms with E-state index >= 15 is 0 Å². The van der Waals surface area contributed by atoms with E-state index in [1.165, 1.54) is 14.2 Å². The molecule has 0 aromatic rings. The van der Waals surface area contributed by atoms with Crippen LogP contribution in [0, 0.1) is 22.7 Å². The van der Waals surface area contributed by atoms with Crippen molar-refractivity contribution in [2.24, 2.45) is 22.7 Å². The summed E-state index contributed by atoms with van der Waals surface area (Å²) in [6.07, 6.45) is 3.73. The van der Waals surface area contributed by atoms with E-state index in [4.69, 9.17) is 9.47 Å². The Hall–Kier alpha value is -1.39. The highest BCUT2D eigenvalue weighted by atomic mass is 16.5. The Labute approximate surface area is 131 Å². The zero-order chi connectivity index (χ0) is 16.5. The maximum Gasteiger partial charge on any atom is 0.311 e. The van der Waals surface area contributed by atoms with E-state index in [0.717, 1.165) is 19.3 Å². The van der Waals surface area contributed by atoms with Crippen molar-refractivity contribution < 1.29 is 23.9 Å². The zero-order valence-electron chi connectivity index (χ0n) is 13.9. The molecule has 4 atom stereocenters. The summed E-state index contributed by atoms with van der Waals surface area (Å²) in [5.74, 6) is -0.727. The Balaban J connectivity index is 2.37. The van der Waals surface area contributed by atoms with Gasteiger partial charge in [-0.05, 0) is 37.5 Å². The van der Waals surface area contributed by atoms with Crippen LogP contribution in [-0.2, 0) is 23.9 Å². The largest absolute Gasteiger partial charge is 0.469 e. The highest BCUT2D eigenvalue weighted by molar-refractivity contribution is 5.87. The second-order valence-electron chi connectivity index (χ2n) is 7.16. The van der Waals surface area contributed by atoms with E-state index in [-0.39, 0.29) is 41.4 Å². The Kier molecular flexibility index (Phi) is 4.64. The monoisotopic (exact) mass is 310 g/mol. The predicted octanol–water partition coefficient (Wildman–Crippen LogP) is 2.51. The van der Waals surface area contributed by atoms with Crippen LogP contribution in [0.1, 0.15) is 52.4 Å². The van der Waals surface area contributed by atoms with E-state index in [0.29, 0.717) is 12.8 Å². The molecule has 2 saturated carbocycles. The first-order valence-corrected chi connectivity index (χ1v) is 7.97. The van der Waals surface area contributed by atoms with Gasteiger partial charge in [0.05, 0.1) is 26.1 Å². The van der Waals surface area contributed by atoms with Crippen LogP contribution in [0.15, 0.2) is 0 Å². The third kappa shape index (κ3) is 2.55. The summed E-state index contributed by atoms with van der Waals surface area (Å²) < 4.78 is 9.80. The van der Waals surface area contributed by atoms with Crippen molar-refractivity contribution in [3.63, 3.8) is 0 Å². The number of ether oxygens (including phenoxy) is 2. The molecule has 2 aliphatic carbocycles. The summed E-state index contributed by atoms with van der Waals surface area (Å²) in [5, 5.41) is 0. The molecule has 2 fully saturated rings. The molecule has 0 radical (unpaired) electrons. The first-order valence-electron chi connectivity index (χ1n) is 7.97. The number of fused-ring (bicyclic) bond motifs is 1. The van der Waals surface area contributed by atoms with E-state index in [2.05, 4.69) is 6.92 Å². The van der Waals surface area contributed by atoms with Crippen molar-refractivity contribution >= 4 is 17.7 Å². The molecule has 0 bridgehead atoms. The minimum Gasteiger partial charge on any atom is -0.469 e. The van der Waals surface area contributed by atoms with Crippen molar-refractivity contribution in [1.82, 2.24) is 0 Å². The van der Waals surface area contributed by atoms with Gasteiger partial charge in [0.1, 0.15) is 5.78 Å². The molecule has 0 aromatic heterocycles. The first-order chi connectivity index (χ1) is 10.3. The van der Waals surface area contributed by atoms with Crippen molar-refractivity contribution in [3.05, 3.63) is 0 Å². The topological polar surface area (TPSA) is 69.7 Å². The quantitative estimate of drug-likeness (QED) is 0.749. The van der Waals surface area contributed by atoms with Crippen LogP contribution in [0.4, 0.5) is 0 Å². The van der Waals surface area contributed by atoms with Crippen LogP contribution in [0.2, 0.25) is 0 Å². The van der Waals surface area contributed by atoms with Gasteiger partial charge in [0.25, 0.3) is 0 Å². The van der Waals surface area contributed by atoms with Crippen molar-refractivity contribution in [2.75, 3.05) is 14.2 Å². The number of Topliss-reactive ketones (excluding diaryl/α,β-unsaturated/α-hetero) is 1. The summed E-state index contributed by atoms with van der Waals surface area (Å²) >= 11 is 0. The number of hydrogen-bond acceptors (Lipinski definition) is 5. The molecule has 0 amide bonds. The smallest absolute Gasteiger partial charge is 0.311 e. The molecule has 22 heavy (non-hydrogen) atoms. The molecular formula is C17H26O5. The van der Waals surface area contributed by atoms with E-state index in [9.17, 15) is 14.4 Å². The molecule has 0 heterocycles. The van der Waals surface area contributed by atoms with Crippen molar-refractivity contribution in [1.29, 1.82) is 0 Å². The van der Waals surface area contributed by atoms with E-state index < -0.39 is 5.41 Å². The highest BCUT2D eigenvalue weighted by Gasteiger charge is 2.59. The summed E-state index contributed by atoms with van der Waals surface area (Å²) in [6, 6.07) is 0. The number of carbonyl (C=O) groups is 3. The van der Waals surface area contributed by atoms with Gasteiger partial charge in [-0.3, -0.25) is 14.4 Å². The van der Waals surface area contributed by atoms with E-state index in [1.807, 2.05) is 6.92 Å². The second kappa shape index (κ2) is 6.01. The molecule has 0 saturated heterocycles. The van der Waals surface area contributed by atoms with Gasteiger partial charge in [0.15, 0.2) is 0 Å². The maximum absolute atomic E-state index is 12.4. The number of carbonyl (C=O) groups excluding carboxylic acids is 3. The number of esters is 2. The number of hydrogen-bond donors (Lipinski definition) is 0. The van der Waals surface area contributed by atoms with Gasteiger partial charge in [0, 0.05) is 12.3 Å². The number of methoxy groups -OCH3 is 2. The maximum atomic E-state index is 12.4. The van der Waals surface area contributed by atoms with Crippen molar-refractivity contribution in [2.45, 2.75) is 52.4 Å². The molecule has 0 aromatic carbocycles. The van der Waals surface area contributed by atoms with Crippen LogP contribution in [0.3, 0.4) is 0 Å². The average Bonchev–Trinajstić information content (AvgIpc) is 2.49.